The lowest BCUT2D eigenvalue weighted by Gasteiger charge is -2.01. The van der Waals surface area contributed by atoms with Gasteiger partial charge in [-0.15, -0.1) is 0 Å². The van der Waals surface area contributed by atoms with Gasteiger partial charge in [0.25, 0.3) is 0 Å². The molecule has 0 fully saturated rings. The van der Waals surface area contributed by atoms with Gasteiger partial charge in [-0.25, -0.2) is 4.98 Å². The zero-order chi connectivity index (χ0) is 12.3. The lowest BCUT2D eigenvalue weighted by atomic mass is 10.3. The molecular formula is C12H16N2O2S. The van der Waals surface area contributed by atoms with Crippen molar-refractivity contribution in [1.29, 1.82) is 0 Å². The summed E-state index contributed by atoms with van der Waals surface area (Å²) in [6, 6.07) is 5.79. The molecule has 0 bridgehead atoms. The minimum absolute atomic E-state index is 0.327. The SMILES string of the molecule is CCOc1ccc2nc(SCC(C)O)[nH]c2c1. The molecule has 0 aliphatic heterocycles. The van der Waals surface area contributed by atoms with Gasteiger partial charge in [-0.1, -0.05) is 11.8 Å². The molecule has 1 heterocycles. The van der Waals surface area contributed by atoms with Gasteiger partial charge in [-0.2, -0.15) is 0 Å². The Balaban J connectivity index is 2.18. The lowest BCUT2D eigenvalue weighted by molar-refractivity contribution is 0.220. The van der Waals surface area contributed by atoms with Gasteiger partial charge in [0, 0.05) is 11.8 Å². The molecule has 92 valence electrons. The fourth-order valence-corrected chi connectivity index (χ4v) is 2.23. The van der Waals surface area contributed by atoms with Crippen molar-refractivity contribution in [2.24, 2.45) is 0 Å². The van der Waals surface area contributed by atoms with E-state index in [2.05, 4.69) is 9.97 Å². The first-order valence-corrected chi connectivity index (χ1v) is 6.61. The number of thioether (sulfide) groups is 1. The molecule has 5 heteroatoms. The van der Waals surface area contributed by atoms with Crippen LogP contribution < -0.4 is 4.74 Å². The molecule has 17 heavy (non-hydrogen) atoms. The molecule has 0 amide bonds. The molecule has 0 radical (unpaired) electrons. The number of aliphatic hydroxyl groups is 1. The third kappa shape index (κ3) is 3.14. The molecule has 2 N–H and O–H groups in total. The summed E-state index contributed by atoms with van der Waals surface area (Å²) in [5.74, 6) is 1.48. The van der Waals surface area contributed by atoms with Crippen LogP contribution in [0.15, 0.2) is 23.4 Å². The summed E-state index contributed by atoms with van der Waals surface area (Å²) < 4.78 is 5.43. The summed E-state index contributed by atoms with van der Waals surface area (Å²) in [4.78, 5) is 7.64. The fourth-order valence-electron chi connectivity index (χ4n) is 1.49. The van der Waals surface area contributed by atoms with Crippen molar-refractivity contribution in [3.63, 3.8) is 0 Å². The Labute approximate surface area is 104 Å². The normalized spacial score (nSPS) is 12.9. The van der Waals surface area contributed by atoms with Gasteiger partial charge < -0.3 is 14.8 Å². The summed E-state index contributed by atoms with van der Waals surface area (Å²) in [5, 5.41) is 10.0. The first kappa shape index (κ1) is 12.3. The molecule has 1 unspecified atom stereocenters. The van der Waals surface area contributed by atoms with Gasteiger partial charge >= 0.3 is 0 Å². The van der Waals surface area contributed by atoms with Crippen LogP contribution in [0.25, 0.3) is 11.0 Å². The fraction of sp³-hybridized carbons (Fsp3) is 0.417. The van der Waals surface area contributed by atoms with E-state index < -0.39 is 0 Å². The molecule has 2 rings (SSSR count). The Bertz CT molecular complexity index is 496. The Morgan fingerprint density at radius 2 is 2.35 bits per heavy atom. The van der Waals surface area contributed by atoms with Crippen LogP contribution in [-0.2, 0) is 0 Å². The second-order valence-electron chi connectivity index (χ2n) is 3.81. The first-order chi connectivity index (χ1) is 8.19. The summed E-state index contributed by atoms with van der Waals surface area (Å²) in [7, 11) is 0. The van der Waals surface area contributed by atoms with Crippen molar-refractivity contribution in [2.45, 2.75) is 25.1 Å². The molecule has 0 saturated carbocycles. The highest BCUT2D eigenvalue weighted by atomic mass is 32.2. The van der Waals surface area contributed by atoms with Crippen molar-refractivity contribution < 1.29 is 9.84 Å². The maximum atomic E-state index is 9.22. The number of H-pyrrole nitrogens is 1. The Morgan fingerprint density at radius 3 is 3.06 bits per heavy atom. The standard InChI is InChI=1S/C12H16N2O2S/c1-3-16-9-4-5-10-11(6-9)14-12(13-10)17-7-8(2)15/h4-6,8,15H,3,7H2,1-2H3,(H,13,14). The van der Waals surface area contributed by atoms with E-state index in [1.165, 1.54) is 11.8 Å². The largest absolute Gasteiger partial charge is 0.494 e. The van der Waals surface area contributed by atoms with Gasteiger partial charge in [0.15, 0.2) is 5.16 Å². The van der Waals surface area contributed by atoms with Crippen molar-refractivity contribution in [3.8, 4) is 5.75 Å². The number of rotatable bonds is 5. The predicted molar refractivity (Wildman–Crippen MR) is 69.7 cm³/mol. The van der Waals surface area contributed by atoms with Crippen LogP contribution >= 0.6 is 11.8 Å². The molecule has 0 spiro atoms. The van der Waals surface area contributed by atoms with Crippen LogP contribution in [-0.4, -0.2) is 33.5 Å². The summed E-state index contributed by atoms with van der Waals surface area (Å²) >= 11 is 1.52. The van der Waals surface area contributed by atoms with Crippen molar-refractivity contribution in [1.82, 2.24) is 9.97 Å². The van der Waals surface area contributed by atoms with E-state index >= 15 is 0 Å². The van der Waals surface area contributed by atoms with Crippen LogP contribution in [0.2, 0.25) is 0 Å². The molecule has 0 aliphatic carbocycles. The number of hydrogen-bond donors (Lipinski definition) is 2. The maximum Gasteiger partial charge on any atom is 0.166 e. The molecule has 1 atom stereocenters. The highest BCUT2D eigenvalue weighted by Crippen LogP contribution is 2.23. The second-order valence-corrected chi connectivity index (χ2v) is 4.82. The monoisotopic (exact) mass is 252 g/mol. The second kappa shape index (κ2) is 5.42. The Morgan fingerprint density at radius 1 is 1.53 bits per heavy atom. The van der Waals surface area contributed by atoms with E-state index in [9.17, 15) is 5.11 Å². The molecular weight excluding hydrogens is 236 g/mol. The Hall–Kier alpha value is -1.20. The summed E-state index contributed by atoms with van der Waals surface area (Å²) in [6.45, 7) is 4.38. The number of imidazole rings is 1. The first-order valence-electron chi connectivity index (χ1n) is 5.62. The molecule has 2 aromatic rings. The Kier molecular flexibility index (Phi) is 3.91. The minimum atomic E-state index is -0.327. The van der Waals surface area contributed by atoms with Crippen LogP contribution in [0.4, 0.5) is 0 Å². The van der Waals surface area contributed by atoms with Gasteiger partial charge in [0.1, 0.15) is 5.75 Å². The molecule has 0 aliphatic rings. The average molecular weight is 252 g/mol. The van der Waals surface area contributed by atoms with E-state index in [1.807, 2.05) is 25.1 Å². The summed E-state index contributed by atoms with van der Waals surface area (Å²) in [5.41, 5.74) is 1.88. The van der Waals surface area contributed by atoms with Crippen LogP contribution in [0, 0.1) is 0 Å². The zero-order valence-corrected chi connectivity index (χ0v) is 10.8. The number of benzene rings is 1. The highest BCUT2D eigenvalue weighted by molar-refractivity contribution is 7.99. The van der Waals surface area contributed by atoms with E-state index in [0.29, 0.717) is 12.4 Å². The number of hydrogen-bond acceptors (Lipinski definition) is 4. The van der Waals surface area contributed by atoms with Crippen molar-refractivity contribution >= 4 is 22.8 Å². The third-order valence-electron chi connectivity index (χ3n) is 2.20. The van der Waals surface area contributed by atoms with Crippen LogP contribution in [0.3, 0.4) is 0 Å². The van der Waals surface area contributed by atoms with Gasteiger partial charge in [-0.05, 0) is 26.0 Å². The zero-order valence-electron chi connectivity index (χ0n) is 9.93. The number of nitrogens with one attached hydrogen (secondary N) is 1. The number of nitrogens with zero attached hydrogens (tertiary/aromatic N) is 1. The smallest absolute Gasteiger partial charge is 0.166 e. The van der Waals surface area contributed by atoms with Crippen molar-refractivity contribution in [3.05, 3.63) is 18.2 Å². The summed E-state index contributed by atoms with van der Waals surface area (Å²) in [6.07, 6.45) is -0.327. The molecule has 4 nitrogen and oxygen atoms in total. The lowest BCUT2D eigenvalue weighted by Crippen LogP contribution is -2.02. The molecule has 1 aromatic heterocycles. The van der Waals surface area contributed by atoms with Crippen LogP contribution in [0.5, 0.6) is 5.75 Å². The van der Waals surface area contributed by atoms with Gasteiger partial charge in [0.05, 0.1) is 23.7 Å². The molecule has 0 saturated heterocycles. The number of aromatic nitrogens is 2. The predicted octanol–water partition coefficient (Wildman–Crippen LogP) is 2.43. The van der Waals surface area contributed by atoms with E-state index in [4.69, 9.17) is 4.74 Å². The van der Waals surface area contributed by atoms with E-state index in [0.717, 1.165) is 21.9 Å². The number of aromatic amines is 1. The van der Waals surface area contributed by atoms with Crippen molar-refractivity contribution in [2.75, 3.05) is 12.4 Å². The number of aliphatic hydroxyl groups excluding tert-OH is 1. The topological polar surface area (TPSA) is 58.1 Å². The quantitative estimate of drug-likeness (QED) is 0.802. The third-order valence-corrected chi connectivity index (χ3v) is 3.32. The minimum Gasteiger partial charge on any atom is -0.494 e. The number of ether oxygens (including phenoxy) is 1. The van der Waals surface area contributed by atoms with E-state index in [-0.39, 0.29) is 6.10 Å². The van der Waals surface area contributed by atoms with E-state index in [1.54, 1.807) is 6.92 Å². The maximum absolute atomic E-state index is 9.22. The van der Waals surface area contributed by atoms with Gasteiger partial charge in [-0.3, -0.25) is 0 Å². The highest BCUT2D eigenvalue weighted by Gasteiger charge is 2.06. The average Bonchev–Trinajstić information content (AvgIpc) is 2.69. The van der Waals surface area contributed by atoms with Crippen LogP contribution in [0.1, 0.15) is 13.8 Å². The molecule has 1 aromatic carbocycles. The van der Waals surface area contributed by atoms with Gasteiger partial charge in [0.2, 0.25) is 0 Å². The number of fused-ring (bicyclic) bond motifs is 1.